The van der Waals surface area contributed by atoms with E-state index in [1.807, 2.05) is 0 Å². The van der Waals surface area contributed by atoms with Gasteiger partial charge < -0.3 is 13.3 Å². The first-order chi connectivity index (χ1) is 16.1. The molecular formula is C20H36F6N2O6S2. The lowest BCUT2D eigenvalue weighted by Crippen LogP contribution is -2.41. The molecule has 0 saturated heterocycles. The molecule has 0 fully saturated rings. The number of unbranched alkanes of at least 4 members (excludes halogenated alkanes) is 6. The minimum Gasteiger partial charge on any atom is -0.462 e. The smallest absolute Gasteiger partial charge is 0.462 e. The molecule has 0 radical (unpaired) electrons. The molecule has 0 aromatic carbocycles. The zero-order chi connectivity index (χ0) is 28.8. The van der Waals surface area contributed by atoms with Gasteiger partial charge in [0.25, 0.3) is 0 Å². The van der Waals surface area contributed by atoms with Crippen LogP contribution in [0.3, 0.4) is 0 Å². The highest BCUT2D eigenvalue weighted by Gasteiger charge is 2.46. The zero-order valence-electron chi connectivity index (χ0n) is 20.9. The van der Waals surface area contributed by atoms with Crippen molar-refractivity contribution in [3.05, 3.63) is 16.3 Å². The molecule has 0 aromatic heterocycles. The van der Waals surface area contributed by atoms with Crippen LogP contribution < -0.4 is 0 Å². The second kappa shape index (κ2) is 15.8. The summed E-state index contributed by atoms with van der Waals surface area (Å²) in [6, 6.07) is 0. The molecule has 36 heavy (non-hydrogen) atoms. The van der Waals surface area contributed by atoms with E-state index in [1.54, 1.807) is 6.92 Å². The number of carbonyl (C=O) groups is 1. The molecule has 0 amide bonds. The number of sulfonamides is 2. The highest BCUT2D eigenvalue weighted by atomic mass is 32.3. The summed E-state index contributed by atoms with van der Waals surface area (Å²) >= 11 is 0. The van der Waals surface area contributed by atoms with E-state index in [0.29, 0.717) is 12.2 Å². The molecule has 0 atom stereocenters. The van der Waals surface area contributed by atoms with E-state index in [4.69, 9.17) is 4.74 Å². The fraction of sp³-hybridized carbons (Fsp3) is 0.850. The van der Waals surface area contributed by atoms with Crippen LogP contribution in [0.1, 0.15) is 65.2 Å². The van der Waals surface area contributed by atoms with Gasteiger partial charge in [-0.15, -0.1) is 0 Å². The Hall–Kier alpha value is -1.39. The zero-order valence-corrected chi connectivity index (χ0v) is 22.5. The van der Waals surface area contributed by atoms with Gasteiger partial charge in [-0.2, -0.15) is 26.3 Å². The third-order valence-electron chi connectivity index (χ3n) is 4.64. The number of alkyl halides is 6. The molecule has 0 aromatic rings. The van der Waals surface area contributed by atoms with Crippen molar-refractivity contribution in [3.63, 3.8) is 0 Å². The van der Waals surface area contributed by atoms with E-state index in [9.17, 15) is 48.0 Å². The van der Waals surface area contributed by atoms with Crippen molar-refractivity contribution in [1.82, 2.24) is 0 Å². The molecule has 8 nitrogen and oxygen atoms in total. The number of quaternary nitrogens is 1. The third kappa shape index (κ3) is 16.4. The largest absolute Gasteiger partial charge is 0.480 e. The van der Waals surface area contributed by atoms with Crippen LogP contribution in [0.25, 0.3) is 4.13 Å². The van der Waals surface area contributed by atoms with Gasteiger partial charge in [0.2, 0.25) is 0 Å². The molecule has 0 spiro atoms. The molecule has 0 rings (SSSR count). The van der Waals surface area contributed by atoms with Gasteiger partial charge in [-0.05, 0) is 19.8 Å². The number of rotatable bonds is 15. The monoisotopic (exact) mass is 578 g/mol. The molecule has 0 aliphatic rings. The SMILES string of the molecule is C=C(C)C(=O)OCCC[N+](C)(C)CCCCCCCCC.O=S(=O)([N-]S(=O)(=O)C(F)(F)F)C(F)(F)F. The quantitative estimate of drug-likeness (QED) is 0.0849. The first kappa shape index (κ1) is 36.8. The Morgan fingerprint density at radius 2 is 1.19 bits per heavy atom. The van der Waals surface area contributed by atoms with Crippen molar-refractivity contribution < 1.29 is 57.2 Å². The molecule has 0 saturated carbocycles. The number of nitrogens with zero attached hydrogens (tertiary/aromatic N) is 2. The van der Waals surface area contributed by atoms with Crippen molar-refractivity contribution in [1.29, 1.82) is 0 Å². The van der Waals surface area contributed by atoms with Crippen molar-refractivity contribution >= 4 is 26.0 Å². The van der Waals surface area contributed by atoms with E-state index in [-0.39, 0.29) is 5.97 Å². The summed E-state index contributed by atoms with van der Waals surface area (Å²) in [7, 11) is -8.92. The topological polar surface area (TPSA) is 109 Å². The minimum atomic E-state index is -6.72. The summed E-state index contributed by atoms with van der Waals surface area (Å²) in [6.45, 7) is 10.3. The maximum atomic E-state index is 11.4. The molecule has 0 heterocycles. The first-order valence-electron chi connectivity index (χ1n) is 11.1. The predicted molar refractivity (Wildman–Crippen MR) is 124 cm³/mol. The molecule has 16 heteroatoms. The van der Waals surface area contributed by atoms with Crippen molar-refractivity contribution in [2.75, 3.05) is 33.8 Å². The molecule has 0 aliphatic carbocycles. The van der Waals surface area contributed by atoms with Crippen LogP contribution in [0.2, 0.25) is 0 Å². The average Bonchev–Trinajstić information content (AvgIpc) is 2.68. The van der Waals surface area contributed by atoms with Crippen molar-refractivity contribution in [3.8, 4) is 0 Å². The Morgan fingerprint density at radius 3 is 1.58 bits per heavy atom. The van der Waals surface area contributed by atoms with Gasteiger partial charge in [-0.25, -0.2) is 21.6 Å². The van der Waals surface area contributed by atoms with E-state index in [2.05, 4.69) is 27.6 Å². The fourth-order valence-corrected chi connectivity index (χ4v) is 4.31. The molecule has 216 valence electrons. The Labute approximate surface area is 209 Å². The predicted octanol–water partition coefficient (Wildman–Crippen LogP) is 5.38. The lowest BCUT2D eigenvalue weighted by Gasteiger charge is -2.29. The summed E-state index contributed by atoms with van der Waals surface area (Å²) in [5.41, 5.74) is -11.9. The van der Waals surface area contributed by atoms with Crippen LogP contribution in [-0.2, 0) is 29.6 Å². The van der Waals surface area contributed by atoms with Crippen LogP contribution in [0.4, 0.5) is 26.3 Å². The van der Waals surface area contributed by atoms with Gasteiger partial charge in [-0.1, -0.05) is 45.6 Å². The summed E-state index contributed by atoms with van der Waals surface area (Å²) in [4.78, 5) is 11.3. The second-order valence-electron chi connectivity index (χ2n) is 8.69. The van der Waals surface area contributed by atoms with Crippen LogP contribution >= 0.6 is 0 Å². The summed E-state index contributed by atoms with van der Waals surface area (Å²) < 4.78 is 115. The van der Waals surface area contributed by atoms with E-state index < -0.39 is 31.1 Å². The van der Waals surface area contributed by atoms with Crippen LogP contribution in [0.15, 0.2) is 12.2 Å². The van der Waals surface area contributed by atoms with Crippen molar-refractivity contribution in [2.24, 2.45) is 0 Å². The normalized spacial score (nSPS) is 13.1. The lowest BCUT2D eigenvalue weighted by molar-refractivity contribution is -0.890. The number of carbonyl (C=O) groups excluding carboxylic acids is 1. The maximum Gasteiger partial charge on any atom is 0.480 e. The van der Waals surface area contributed by atoms with Crippen LogP contribution in [0.5, 0.6) is 0 Å². The lowest BCUT2D eigenvalue weighted by atomic mass is 10.1. The van der Waals surface area contributed by atoms with Gasteiger partial charge in [0.1, 0.15) is 0 Å². The minimum absolute atomic E-state index is 0.271. The van der Waals surface area contributed by atoms with Crippen LogP contribution in [0, 0.1) is 0 Å². The first-order valence-corrected chi connectivity index (χ1v) is 14.0. The Balaban J connectivity index is 0. The average molecular weight is 579 g/mol. The Morgan fingerprint density at radius 1 is 0.806 bits per heavy atom. The molecule has 0 bridgehead atoms. The molecular weight excluding hydrogens is 542 g/mol. The van der Waals surface area contributed by atoms with Gasteiger partial charge in [0.15, 0.2) is 20.0 Å². The molecule has 0 aliphatic heterocycles. The fourth-order valence-electron chi connectivity index (χ4n) is 2.60. The number of esters is 1. The van der Waals surface area contributed by atoms with Crippen molar-refractivity contribution in [2.45, 2.75) is 76.2 Å². The summed E-state index contributed by atoms with van der Waals surface area (Å²) in [5.74, 6) is -0.271. The number of hydrogen-bond donors (Lipinski definition) is 0. The summed E-state index contributed by atoms with van der Waals surface area (Å²) in [5, 5.41) is 0. The third-order valence-corrected chi connectivity index (χ3v) is 7.38. The van der Waals surface area contributed by atoms with Gasteiger partial charge in [-0.3, -0.25) is 0 Å². The second-order valence-corrected chi connectivity index (χ2v) is 12.1. The number of hydrogen-bond acceptors (Lipinski definition) is 6. The van der Waals surface area contributed by atoms with Gasteiger partial charge in [0, 0.05) is 12.0 Å². The van der Waals surface area contributed by atoms with Gasteiger partial charge >= 0.3 is 17.0 Å². The molecule has 0 N–H and O–H groups in total. The van der Waals surface area contributed by atoms with E-state index >= 15 is 0 Å². The van der Waals surface area contributed by atoms with Crippen LogP contribution in [-0.4, -0.2) is 72.1 Å². The standard InChI is InChI=1S/C18H36NO2.C2F6NO4S2/c1-6-7-8-9-10-11-12-14-19(4,5)15-13-16-21-18(20)17(2)3;3-1(4,5)14(10,11)9-15(12,13)2(6,7)8/h2,6-16H2,1,3-5H3;/q+1;-1. The highest BCUT2D eigenvalue weighted by molar-refractivity contribution is 8.13. The molecule has 0 unspecified atom stereocenters. The summed E-state index contributed by atoms with van der Waals surface area (Å²) in [6.07, 6.45) is 10.4. The Bertz CT molecular complexity index is 843. The van der Waals surface area contributed by atoms with E-state index in [1.165, 1.54) is 51.5 Å². The Kier molecular flexibility index (Phi) is 16.1. The maximum absolute atomic E-state index is 11.4. The highest BCUT2D eigenvalue weighted by Crippen LogP contribution is 2.36. The van der Waals surface area contributed by atoms with E-state index in [0.717, 1.165) is 21.6 Å². The van der Waals surface area contributed by atoms with Gasteiger partial charge in [0.05, 0.1) is 33.8 Å². The number of halogens is 6. The number of ether oxygens (including phenoxy) is 1.